The van der Waals surface area contributed by atoms with Crippen molar-refractivity contribution in [3.63, 3.8) is 0 Å². The van der Waals surface area contributed by atoms with E-state index < -0.39 is 30.4 Å². The summed E-state index contributed by atoms with van der Waals surface area (Å²) >= 11 is 0. The molecule has 0 spiro atoms. The van der Waals surface area contributed by atoms with Crippen molar-refractivity contribution in [2.45, 2.75) is 45.5 Å². The van der Waals surface area contributed by atoms with Gasteiger partial charge >= 0.3 is 19.2 Å². The molecule has 9 nitrogen and oxygen atoms in total. The van der Waals surface area contributed by atoms with E-state index in [1.54, 1.807) is 6.08 Å². The molecule has 1 aliphatic rings. The molecule has 168 valence electrons. The lowest BCUT2D eigenvalue weighted by Gasteiger charge is -2.32. The van der Waals surface area contributed by atoms with Crippen LogP contribution in [0.2, 0.25) is 0 Å². The number of hydrogen-bond acceptors (Lipinski definition) is 7. The number of carboxylic acids is 1. The van der Waals surface area contributed by atoms with E-state index in [2.05, 4.69) is 15.3 Å². The van der Waals surface area contributed by atoms with E-state index in [0.29, 0.717) is 11.0 Å². The largest absolute Gasteiger partial charge is 0.492 e. The monoisotopic (exact) mass is 439 g/mol. The predicted octanol–water partition coefficient (Wildman–Crippen LogP) is 3.12. The van der Waals surface area contributed by atoms with Gasteiger partial charge in [-0.2, -0.15) is 0 Å². The van der Waals surface area contributed by atoms with E-state index in [4.69, 9.17) is 19.2 Å². The van der Waals surface area contributed by atoms with Crippen LogP contribution in [0.15, 0.2) is 48.2 Å². The maximum Gasteiger partial charge on any atom is 0.492 e. The van der Waals surface area contributed by atoms with Crippen LogP contribution in [-0.2, 0) is 20.7 Å². The Kier molecular flexibility index (Phi) is 6.95. The zero-order chi connectivity index (χ0) is 23.4. The lowest BCUT2D eigenvalue weighted by Crippen LogP contribution is -2.41. The van der Waals surface area contributed by atoms with E-state index >= 15 is 0 Å². The topological polar surface area (TPSA) is 120 Å². The number of aromatic nitrogens is 2. The number of carbonyl (C=O) groups excluding carboxylic acids is 1. The molecule has 0 unspecified atom stereocenters. The van der Waals surface area contributed by atoms with E-state index in [9.17, 15) is 9.59 Å². The first-order chi connectivity index (χ1) is 15.1. The van der Waals surface area contributed by atoms with Crippen molar-refractivity contribution in [2.75, 3.05) is 6.54 Å². The number of amides is 1. The Morgan fingerprint density at radius 3 is 2.25 bits per heavy atom. The second-order valence-electron chi connectivity index (χ2n) is 8.37. The summed E-state index contributed by atoms with van der Waals surface area (Å²) in [6.45, 7) is 7.94. The van der Waals surface area contributed by atoms with Crippen molar-refractivity contribution in [3.8, 4) is 0 Å². The van der Waals surface area contributed by atoms with Gasteiger partial charge in [-0.1, -0.05) is 36.4 Å². The quantitative estimate of drug-likeness (QED) is 0.632. The van der Waals surface area contributed by atoms with Crippen LogP contribution in [0.1, 0.15) is 49.4 Å². The molecule has 0 aliphatic carbocycles. The summed E-state index contributed by atoms with van der Waals surface area (Å²) in [5.74, 6) is -1.52. The molecule has 1 saturated heterocycles. The minimum atomic E-state index is -1.21. The maximum absolute atomic E-state index is 12.2. The van der Waals surface area contributed by atoms with E-state index in [0.717, 1.165) is 5.56 Å². The van der Waals surface area contributed by atoms with Gasteiger partial charge in [0.25, 0.3) is 0 Å². The number of nitrogens with zero attached hydrogens (tertiary/aromatic N) is 2. The summed E-state index contributed by atoms with van der Waals surface area (Å²) in [7, 11) is -0.728. The molecule has 0 bridgehead atoms. The van der Waals surface area contributed by atoms with Gasteiger partial charge in [0.2, 0.25) is 5.82 Å². The molecule has 1 aliphatic heterocycles. The Bertz CT molecular complexity index is 976. The number of rotatable bonds is 7. The Morgan fingerprint density at radius 2 is 1.69 bits per heavy atom. The normalized spacial score (nSPS) is 17.1. The van der Waals surface area contributed by atoms with Gasteiger partial charge in [-0.3, -0.25) is 0 Å². The van der Waals surface area contributed by atoms with Crippen molar-refractivity contribution < 1.29 is 28.7 Å². The highest BCUT2D eigenvalue weighted by Gasteiger charge is 2.52. The Morgan fingerprint density at radius 1 is 1.09 bits per heavy atom. The Balaban J connectivity index is 1.73. The molecule has 1 aromatic carbocycles. The van der Waals surface area contributed by atoms with Crippen molar-refractivity contribution >= 4 is 25.3 Å². The molecule has 2 heterocycles. The van der Waals surface area contributed by atoms with Gasteiger partial charge in [0, 0.05) is 24.5 Å². The fourth-order valence-electron chi connectivity index (χ4n) is 2.88. The van der Waals surface area contributed by atoms with Crippen molar-refractivity contribution in [2.24, 2.45) is 0 Å². The van der Waals surface area contributed by atoms with Gasteiger partial charge in [-0.15, -0.1) is 0 Å². The van der Waals surface area contributed by atoms with Crippen LogP contribution in [-0.4, -0.2) is 52.0 Å². The fourth-order valence-corrected chi connectivity index (χ4v) is 2.88. The fraction of sp³-hybridized carbons (Fsp3) is 0.364. The molecule has 1 fully saturated rings. The van der Waals surface area contributed by atoms with Gasteiger partial charge in [0.15, 0.2) is 0 Å². The van der Waals surface area contributed by atoms with Gasteiger partial charge in [0.05, 0.1) is 11.2 Å². The molecule has 3 rings (SSSR count). The molecule has 1 aromatic heterocycles. The minimum absolute atomic E-state index is 0.0884. The van der Waals surface area contributed by atoms with E-state index in [-0.39, 0.29) is 19.0 Å². The van der Waals surface area contributed by atoms with Crippen molar-refractivity contribution in [1.29, 1.82) is 0 Å². The van der Waals surface area contributed by atoms with Crippen molar-refractivity contribution in [3.05, 3.63) is 65.1 Å². The summed E-state index contributed by atoms with van der Waals surface area (Å²) in [4.78, 5) is 30.9. The number of ether oxygens (including phenoxy) is 1. The Labute approximate surface area is 187 Å². The number of hydrogen-bond donors (Lipinski definition) is 2. The number of carbonyl (C=O) groups is 2. The average Bonchev–Trinajstić information content (AvgIpc) is 2.97. The third-order valence-electron chi connectivity index (χ3n) is 5.42. The molecule has 0 radical (unpaired) electrons. The van der Waals surface area contributed by atoms with Gasteiger partial charge < -0.3 is 24.5 Å². The molecule has 0 atom stereocenters. The molecule has 1 amide bonds. The summed E-state index contributed by atoms with van der Waals surface area (Å²) < 4.78 is 17.5. The molecule has 0 saturated carbocycles. The average molecular weight is 439 g/mol. The molecule has 2 N–H and O–H groups in total. The van der Waals surface area contributed by atoms with E-state index in [1.807, 2.05) is 58.0 Å². The molecular formula is C22H26BN3O6. The van der Waals surface area contributed by atoms with Crippen LogP contribution >= 0.6 is 0 Å². The Hall–Kier alpha value is -3.24. The predicted molar refractivity (Wildman–Crippen MR) is 118 cm³/mol. The molecule has 2 aromatic rings. The molecule has 10 heteroatoms. The minimum Gasteiger partial charge on any atom is -0.475 e. The highest BCUT2D eigenvalue weighted by molar-refractivity contribution is 6.56. The number of alkyl carbamates (subject to hydrolysis) is 1. The maximum atomic E-state index is 12.2. The smallest absolute Gasteiger partial charge is 0.475 e. The van der Waals surface area contributed by atoms with Crippen LogP contribution in [0.5, 0.6) is 0 Å². The van der Waals surface area contributed by atoms with Crippen LogP contribution < -0.4 is 5.32 Å². The van der Waals surface area contributed by atoms with Gasteiger partial charge in [0.1, 0.15) is 6.61 Å². The third kappa shape index (κ3) is 5.71. The lowest BCUT2D eigenvalue weighted by molar-refractivity contribution is 0.00578. The first-order valence-corrected chi connectivity index (χ1v) is 10.1. The summed E-state index contributed by atoms with van der Waals surface area (Å²) in [5, 5.41) is 11.7. The summed E-state index contributed by atoms with van der Waals surface area (Å²) in [6, 6.07) is 9.35. The standard InChI is InChI=1S/C22H26BN3O6/c1-21(2)22(3,4)32-23(31-21)17(10-16-11-24-18(19(27)28)25-12-16)13-26-20(29)30-14-15-8-6-5-7-9-15/h5-12H,13-14H2,1-4H3,(H,26,29)(H,27,28). The SMILES string of the molecule is CC1(C)OB(C(=Cc2cnc(C(=O)O)nc2)CNC(=O)OCc2ccccc2)OC1(C)C. The second kappa shape index (κ2) is 9.50. The summed E-state index contributed by atoms with van der Waals surface area (Å²) in [5.41, 5.74) is 0.869. The zero-order valence-corrected chi connectivity index (χ0v) is 18.5. The first-order valence-electron chi connectivity index (χ1n) is 10.1. The second-order valence-corrected chi connectivity index (χ2v) is 8.37. The van der Waals surface area contributed by atoms with Crippen molar-refractivity contribution in [1.82, 2.24) is 15.3 Å². The summed E-state index contributed by atoms with van der Waals surface area (Å²) in [6.07, 6.45) is 3.88. The number of benzene rings is 1. The van der Waals surface area contributed by atoms with Crippen LogP contribution in [0.4, 0.5) is 4.79 Å². The number of carboxylic acid groups (broad SMARTS) is 1. The lowest BCUT2D eigenvalue weighted by atomic mass is 9.77. The molecular weight excluding hydrogens is 413 g/mol. The van der Waals surface area contributed by atoms with Gasteiger partial charge in [-0.05, 0) is 38.7 Å². The van der Waals surface area contributed by atoms with Crippen LogP contribution in [0.3, 0.4) is 0 Å². The van der Waals surface area contributed by atoms with Crippen LogP contribution in [0, 0.1) is 0 Å². The van der Waals surface area contributed by atoms with Crippen LogP contribution in [0.25, 0.3) is 6.08 Å². The first kappa shape index (κ1) is 23.4. The van der Waals surface area contributed by atoms with Gasteiger partial charge in [-0.25, -0.2) is 19.6 Å². The molecule has 32 heavy (non-hydrogen) atoms. The zero-order valence-electron chi connectivity index (χ0n) is 18.5. The highest BCUT2D eigenvalue weighted by atomic mass is 16.7. The number of nitrogens with one attached hydrogen (secondary N) is 1. The third-order valence-corrected chi connectivity index (χ3v) is 5.42. The number of aromatic carboxylic acids is 1. The van der Waals surface area contributed by atoms with E-state index in [1.165, 1.54) is 12.4 Å². The highest BCUT2D eigenvalue weighted by Crippen LogP contribution is 2.38.